The molecule has 23 heavy (non-hydrogen) atoms. The SMILES string of the molecule is NC1CCN(C(=O)c2ccc(C3(CN4CCCC4)CC3)cc2)C1. The Morgan fingerprint density at radius 2 is 1.83 bits per heavy atom. The van der Waals surface area contributed by atoms with E-state index in [1.165, 1.54) is 50.9 Å². The van der Waals surface area contributed by atoms with Crippen molar-refractivity contribution in [2.45, 2.75) is 43.6 Å². The van der Waals surface area contributed by atoms with Gasteiger partial charge in [0.25, 0.3) is 5.91 Å². The number of carbonyl (C=O) groups excluding carboxylic acids is 1. The van der Waals surface area contributed by atoms with E-state index in [0.717, 1.165) is 18.5 Å². The van der Waals surface area contributed by atoms with E-state index in [1.807, 2.05) is 17.0 Å². The molecule has 0 aromatic heterocycles. The third-order valence-corrected chi connectivity index (χ3v) is 5.83. The lowest BCUT2D eigenvalue weighted by Gasteiger charge is -2.23. The monoisotopic (exact) mass is 313 g/mol. The highest BCUT2D eigenvalue weighted by Gasteiger charge is 2.45. The maximum absolute atomic E-state index is 12.5. The van der Waals surface area contributed by atoms with Crippen LogP contribution in [0.15, 0.2) is 24.3 Å². The second kappa shape index (κ2) is 5.91. The fraction of sp³-hybridized carbons (Fsp3) is 0.632. The largest absolute Gasteiger partial charge is 0.337 e. The van der Waals surface area contributed by atoms with E-state index in [-0.39, 0.29) is 11.9 Å². The highest BCUT2D eigenvalue weighted by atomic mass is 16.2. The number of hydrogen-bond acceptors (Lipinski definition) is 3. The summed E-state index contributed by atoms with van der Waals surface area (Å²) >= 11 is 0. The minimum Gasteiger partial charge on any atom is -0.337 e. The fourth-order valence-electron chi connectivity index (χ4n) is 4.18. The maximum Gasteiger partial charge on any atom is 0.253 e. The normalized spacial score (nSPS) is 26.7. The molecule has 1 unspecified atom stereocenters. The van der Waals surface area contributed by atoms with Crippen LogP contribution in [0.2, 0.25) is 0 Å². The topological polar surface area (TPSA) is 49.6 Å². The predicted octanol–water partition coefficient (Wildman–Crippen LogP) is 1.99. The molecule has 1 amide bonds. The zero-order chi connectivity index (χ0) is 15.9. The van der Waals surface area contributed by atoms with Crippen LogP contribution in [-0.2, 0) is 5.41 Å². The van der Waals surface area contributed by atoms with Crippen LogP contribution in [0.4, 0.5) is 0 Å². The van der Waals surface area contributed by atoms with Crippen LogP contribution < -0.4 is 5.73 Å². The Morgan fingerprint density at radius 1 is 1.13 bits per heavy atom. The molecule has 0 bridgehead atoms. The Bertz CT molecular complexity index is 573. The summed E-state index contributed by atoms with van der Waals surface area (Å²) in [6, 6.07) is 8.56. The van der Waals surface area contributed by atoms with Crippen LogP contribution in [0.3, 0.4) is 0 Å². The molecule has 2 heterocycles. The Hall–Kier alpha value is -1.39. The first-order valence-electron chi connectivity index (χ1n) is 9.04. The molecule has 0 spiro atoms. The smallest absolute Gasteiger partial charge is 0.253 e. The van der Waals surface area contributed by atoms with Gasteiger partial charge >= 0.3 is 0 Å². The third-order valence-electron chi connectivity index (χ3n) is 5.83. The molecule has 1 aliphatic carbocycles. The second-order valence-corrected chi connectivity index (χ2v) is 7.64. The molecule has 2 saturated heterocycles. The van der Waals surface area contributed by atoms with Gasteiger partial charge in [-0.3, -0.25) is 4.79 Å². The second-order valence-electron chi connectivity index (χ2n) is 7.64. The van der Waals surface area contributed by atoms with Crippen molar-refractivity contribution in [2.24, 2.45) is 5.73 Å². The first kappa shape index (κ1) is 15.2. The van der Waals surface area contributed by atoms with Gasteiger partial charge in [0.2, 0.25) is 0 Å². The van der Waals surface area contributed by atoms with E-state index in [9.17, 15) is 4.79 Å². The van der Waals surface area contributed by atoms with Crippen LogP contribution in [0, 0.1) is 0 Å². The lowest BCUT2D eigenvalue weighted by atomic mass is 9.94. The van der Waals surface area contributed by atoms with Gasteiger partial charge in [-0.25, -0.2) is 0 Å². The summed E-state index contributed by atoms with van der Waals surface area (Å²) in [6.45, 7) is 5.20. The van der Waals surface area contributed by atoms with E-state index >= 15 is 0 Å². The predicted molar refractivity (Wildman–Crippen MR) is 91.5 cm³/mol. The van der Waals surface area contributed by atoms with Crippen LogP contribution in [0.25, 0.3) is 0 Å². The summed E-state index contributed by atoms with van der Waals surface area (Å²) in [5.41, 5.74) is 8.49. The average Bonchev–Trinajstić information content (AvgIpc) is 2.96. The van der Waals surface area contributed by atoms with Gasteiger partial charge in [-0.1, -0.05) is 12.1 Å². The summed E-state index contributed by atoms with van der Waals surface area (Å²) in [5.74, 6) is 0.133. The first-order valence-corrected chi connectivity index (χ1v) is 9.04. The lowest BCUT2D eigenvalue weighted by Crippen LogP contribution is -2.32. The van der Waals surface area contributed by atoms with Crippen molar-refractivity contribution in [3.8, 4) is 0 Å². The molecular formula is C19H27N3O. The summed E-state index contributed by atoms with van der Waals surface area (Å²) < 4.78 is 0. The van der Waals surface area contributed by atoms with E-state index in [0.29, 0.717) is 12.0 Å². The van der Waals surface area contributed by atoms with Crippen molar-refractivity contribution in [1.29, 1.82) is 0 Å². The van der Waals surface area contributed by atoms with Gasteiger partial charge in [-0.15, -0.1) is 0 Å². The molecule has 4 rings (SSSR count). The van der Waals surface area contributed by atoms with E-state index in [1.54, 1.807) is 0 Å². The van der Waals surface area contributed by atoms with Crippen LogP contribution >= 0.6 is 0 Å². The quantitative estimate of drug-likeness (QED) is 0.925. The van der Waals surface area contributed by atoms with Crippen molar-refractivity contribution in [3.05, 3.63) is 35.4 Å². The molecule has 1 saturated carbocycles. The minimum absolute atomic E-state index is 0.133. The summed E-state index contributed by atoms with van der Waals surface area (Å²) in [4.78, 5) is 17.0. The van der Waals surface area contributed by atoms with Crippen molar-refractivity contribution in [3.63, 3.8) is 0 Å². The zero-order valence-electron chi connectivity index (χ0n) is 13.8. The van der Waals surface area contributed by atoms with Gasteiger partial charge in [0.05, 0.1) is 0 Å². The molecule has 0 radical (unpaired) electrons. The number of hydrogen-bond donors (Lipinski definition) is 1. The van der Waals surface area contributed by atoms with E-state index < -0.39 is 0 Å². The molecule has 124 valence electrons. The summed E-state index contributed by atoms with van der Waals surface area (Å²) in [5, 5.41) is 0. The van der Waals surface area contributed by atoms with Crippen molar-refractivity contribution < 1.29 is 4.79 Å². The highest BCUT2D eigenvalue weighted by molar-refractivity contribution is 5.94. The number of rotatable bonds is 4. The van der Waals surface area contributed by atoms with Gasteiger partial charge < -0.3 is 15.5 Å². The third kappa shape index (κ3) is 3.02. The number of likely N-dealkylation sites (tertiary alicyclic amines) is 2. The van der Waals surface area contributed by atoms with Crippen LogP contribution in [0.1, 0.15) is 48.0 Å². The maximum atomic E-state index is 12.5. The van der Waals surface area contributed by atoms with Gasteiger partial charge in [-0.05, 0) is 62.9 Å². The fourth-order valence-corrected chi connectivity index (χ4v) is 4.18. The molecule has 1 aromatic rings. The van der Waals surface area contributed by atoms with E-state index in [4.69, 9.17) is 5.73 Å². The van der Waals surface area contributed by atoms with Crippen LogP contribution in [0.5, 0.6) is 0 Å². The minimum atomic E-state index is 0.133. The average molecular weight is 313 g/mol. The summed E-state index contributed by atoms with van der Waals surface area (Å²) in [6.07, 6.45) is 6.20. The van der Waals surface area contributed by atoms with Gasteiger partial charge in [0.15, 0.2) is 0 Å². The molecule has 4 heteroatoms. The Kier molecular flexibility index (Phi) is 3.90. The summed E-state index contributed by atoms with van der Waals surface area (Å²) in [7, 11) is 0. The molecule has 3 fully saturated rings. The molecule has 1 atom stereocenters. The Labute approximate surface area is 138 Å². The molecule has 2 N–H and O–H groups in total. The number of nitrogens with two attached hydrogens (primary N) is 1. The van der Waals surface area contributed by atoms with Crippen molar-refractivity contribution in [1.82, 2.24) is 9.80 Å². The zero-order valence-corrected chi connectivity index (χ0v) is 13.8. The van der Waals surface area contributed by atoms with Gasteiger partial charge in [0.1, 0.15) is 0 Å². The van der Waals surface area contributed by atoms with Crippen LogP contribution in [-0.4, -0.2) is 54.5 Å². The molecule has 2 aliphatic heterocycles. The molecule has 4 nitrogen and oxygen atoms in total. The highest BCUT2D eigenvalue weighted by Crippen LogP contribution is 2.49. The van der Waals surface area contributed by atoms with Crippen molar-refractivity contribution >= 4 is 5.91 Å². The standard InChI is InChI=1S/C19H27N3O/c20-17-7-12-22(13-17)18(23)15-3-5-16(6-4-15)19(8-9-19)14-21-10-1-2-11-21/h3-6,17H,1-2,7-14,20H2. The Balaban J connectivity index is 1.44. The number of benzene rings is 1. The van der Waals surface area contributed by atoms with Gasteiger partial charge in [-0.2, -0.15) is 0 Å². The molecule has 3 aliphatic rings. The van der Waals surface area contributed by atoms with Gasteiger partial charge in [0, 0.05) is 36.7 Å². The molecular weight excluding hydrogens is 286 g/mol. The number of amides is 1. The Morgan fingerprint density at radius 3 is 2.39 bits per heavy atom. The molecule has 1 aromatic carbocycles. The lowest BCUT2D eigenvalue weighted by molar-refractivity contribution is 0.0791. The number of nitrogens with zero attached hydrogens (tertiary/aromatic N) is 2. The van der Waals surface area contributed by atoms with E-state index in [2.05, 4.69) is 17.0 Å². The van der Waals surface area contributed by atoms with Crippen molar-refractivity contribution in [2.75, 3.05) is 32.7 Å². The first-order chi connectivity index (χ1) is 11.2. The number of carbonyl (C=O) groups is 1.